The Labute approximate surface area is 188 Å². The smallest absolute Gasteiger partial charge is 0.382 e. The lowest BCUT2D eigenvalue weighted by Gasteiger charge is -2.29. The van der Waals surface area contributed by atoms with Crippen LogP contribution < -0.4 is 10.2 Å². The summed E-state index contributed by atoms with van der Waals surface area (Å²) in [4.78, 5) is 28.0. The zero-order valence-corrected chi connectivity index (χ0v) is 18.3. The van der Waals surface area contributed by atoms with Crippen LogP contribution in [0.2, 0.25) is 0 Å². The molecule has 0 fully saturated rings. The van der Waals surface area contributed by atoms with Crippen molar-refractivity contribution in [3.05, 3.63) is 64.6 Å². The van der Waals surface area contributed by atoms with Gasteiger partial charge in [-0.1, -0.05) is 36.0 Å². The molecule has 32 heavy (non-hydrogen) atoms. The van der Waals surface area contributed by atoms with Gasteiger partial charge in [-0.3, -0.25) is 14.5 Å². The number of thioether (sulfide) groups is 1. The minimum absolute atomic E-state index is 0.157. The van der Waals surface area contributed by atoms with Crippen LogP contribution >= 0.6 is 11.8 Å². The lowest BCUT2D eigenvalue weighted by molar-refractivity contribution is -0.137. The third-order valence-corrected chi connectivity index (χ3v) is 5.74. The van der Waals surface area contributed by atoms with E-state index in [9.17, 15) is 22.8 Å². The number of carbonyl (C=O) groups excluding carboxylic acids is 2. The van der Waals surface area contributed by atoms with Crippen molar-refractivity contribution in [2.24, 2.45) is 0 Å². The number of anilines is 1. The molecule has 0 bridgehead atoms. The van der Waals surface area contributed by atoms with Gasteiger partial charge in [0.1, 0.15) is 6.54 Å². The van der Waals surface area contributed by atoms with E-state index in [2.05, 4.69) is 5.32 Å². The molecule has 0 radical (unpaired) electrons. The van der Waals surface area contributed by atoms with Gasteiger partial charge in [0, 0.05) is 24.7 Å². The number of amides is 2. The Balaban J connectivity index is 1.77. The molecule has 2 amide bonds. The van der Waals surface area contributed by atoms with Crippen LogP contribution in [-0.2, 0) is 20.5 Å². The number of alkyl halides is 3. The number of para-hydroxylation sites is 1. The number of fused-ring (bicyclic) bond motifs is 1. The van der Waals surface area contributed by atoms with Gasteiger partial charge >= 0.3 is 6.18 Å². The highest BCUT2D eigenvalue weighted by molar-refractivity contribution is 8.04. The summed E-state index contributed by atoms with van der Waals surface area (Å²) in [5, 5.41) is 2.78. The second-order valence-electron chi connectivity index (χ2n) is 6.99. The first-order valence-corrected chi connectivity index (χ1v) is 10.9. The van der Waals surface area contributed by atoms with Crippen LogP contribution in [0.3, 0.4) is 0 Å². The van der Waals surface area contributed by atoms with Gasteiger partial charge in [-0.15, -0.1) is 0 Å². The monoisotopic (exact) mass is 464 g/mol. The second kappa shape index (κ2) is 10.7. The van der Waals surface area contributed by atoms with E-state index in [1.807, 2.05) is 19.1 Å². The molecular formula is C23H23F3N2O3S. The number of benzene rings is 2. The lowest BCUT2D eigenvalue weighted by Crippen LogP contribution is -2.43. The first-order valence-electron chi connectivity index (χ1n) is 10.1. The van der Waals surface area contributed by atoms with E-state index in [1.54, 1.807) is 12.1 Å². The van der Waals surface area contributed by atoms with Crippen LogP contribution in [0.4, 0.5) is 18.9 Å². The van der Waals surface area contributed by atoms with Crippen LogP contribution in [0.5, 0.6) is 0 Å². The van der Waals surface area contributed by atoms with Gasteiger partial charge in [0.25, 0.3) is 5.91 Å². The minimum atomic E-state index is -4.42. The van der Waals surface area contributed by atoms with Gasteiger partial charge in [0.15, 0.2) is 0 Å². The number of nitrogens with one attached hydrogen (secondary N) is 1. The van der Waals surface area contributed by atoms with Crippen molar-refractivity contribution in [1.82, 2.24) is 5.32 Å². The Bertz CT molecular complexity index is 991. The van der Waals surface area contributed by atoms with Gasteiger partial charge in [0.2, 0.25) is 5.91 Å². The summed E-state index contributed by atoms with van der Waals surface area (Å²) in [5.74, 6) is -0.677. The molecule has 0 aromatic heterocycles. The van der Waals surface area contributed by atoms with E-state index in [-0.39, 0.29) is 18.4 Å². The van der Waals surface area contributed by atoms with Crippen LogP contribution in [0.1, 0.15) is 24.5 Å². The number of ether oxygens (including phenoxy) is 1. The molecule has 2 aromatic carbocycles. The molecule has 170 valence electrons. The van der Waals surface area contributed by atoms with Gasteiger partial charge < -0.3 is 10.1 Å². The molecule has 0 aliphatic carbocycles. The quantitative estimate of drug-likeness (QED) is 0.453. The van der Waals surface area contributed by atoms with E-state index in [0.29, 0.717) is 42.3 Å². The highest BCUT2D eigenvalue weighted by Gasteiger charge is 2.31. The molecule has 0 saturated carbocycles. The van der Waals surface area contributed by atoms with Crippen LogP contribution in [0.25, 0.3) is 6.08 Å². The molecule has 9 heteroatoms. The molecule has 2 aromatic rings. The third kappa shape index (κ3) is 6.14. The van der Waals surface area contributed by atoms with Crippen molar-refractivity contribution in [3.8, 4) is 0 Å². The standard InChI is InChI=1S/C23H23F3N2O3S/c1-2-31-13-5-12-27-21(29)15-28-18-6-3-4-7-19(18)32-20(22(28)30)14-16-8-10-17(11-9-16)23(24,25)26/h3-4,6-11,14H,2,5,12-13,15H2,1H3,(H,27,29). The topological polar surface area (TPSA) is 58.6 Å². The zero-order valence-electron chi connectivity index (χ0n) is 17.4. The van der Waals surface area contributed by atoms with Gasteiger partial charge in [0.05, 0.1) is 16.2 Å². The first-order chi connectivity index (χ1) is 15.3. The zero-order chi connectivity index (χ0) is 23.1. The van der Waals surface area contributed by atoms with Crippen LogP contribution in [0, 0.1) is 0 Å². The fraction of sp³-hybridized carbons (Fsp3) is 0.304. The third-order valence-electron chi connectivity index (χ3n) is 4.66. The fourth-order valence-electron chi connectivity index (χ4n) is 3.08. The fourth-order valence-corrected chi connectivity index (χ4v) is 4.14. The van der Waals surface area contributed by atoms with E-state index < -0.39 is 11.7 Å². The predicted molar refractivity (Wildman–Crippen MR) is 118 cm³/mol. The number of rotatable bonds is 8. The lowest BCUT2D eigenvalue weighted by atomic mass is 10.1. The van der Waals surface area contributed by atoms with Crippen molar-refractivity contribution in [2.45, 2.75) is 24.4 Å². The molecular weight excluding hydrogens is 441 g/mol. The van der Waals surface area contributed by atoms with E-state index in [1.165, 1.54) is 34.9 Å². The predicted octanol–water partition coefficient (Wildman–Crippen LogP) is 4.73. The van der Waals surface area contributed by atoms with Gasteiger partial charge in [-0.05, 0) is 49.2 Å². The van der Waals surface area contributed by atoms with Crippen molar-refractivity contribution in [3.63, 3.8) is 0 Å². The highest BCUT2D eigenvalue weighted by atomic mass is 32.2. The minimum Gasteiger partial charge on any atom is -0.382 e. The molecule has 1 N–H and O–H groups in total. The molecule has 1 aliphatic rings. The van der Waals surface area contributed by atoms with E-state index in [0.717, 1.165) is 17.0 Å². The van der Waals surface area contributed by atoms with Gasteiger partial charge in [-0.2, -0.15) is 13.2 Å². The Kier molecular flexibility index (Phi) is 7.98. The maximum absolute atomic E-state index is 13.1. The average Bonchev–Trinajstić information content (AvgIpc) is 2.76. The Hall–Kier alpha value is -2.78. The Morgan fingerprint density at radius 3 is 2.56 bits per heavy atom. The summed E-state index contributed by atoms with van der Waals surface area (Å²) in [7, 11) is 0. The highest BCUT2D eigenvalue weighted by Crippen LogP contribution is 2.42. The Morgan fingerprint density at radius 1 is 1.16 bits per heavy atom. The molecule has 0 unspecified atom stereocenters. The normalized spacial score (nSPS) is 15.1. The number of halogens is 3. The van der Waals surface area contributed by atoms with E-state index in [4.69, 9.17) is 4.74 Å². The van der Waals surface area contributed by atoms with Crippen molar-refractivity contribution >= 4 is 35.3 Å². The van der Waals surface area contributed by atoms with Crippen molar-refractivity contribution in [2.75, 3.05) is 31.2 Å². The second-order valence-corrected chi connectivity index (χ2v) is 8.07. The number of nitrogens with zero attached hydrogens (tertiary/aromatic N) is 1. The van der Waals surface area contributed by atoms with Gasteiger partial charge in [-0.25, -0.2) is 0 Å². The summed E-state index contributed by atoms with van der Waals surface area (Å²) in [5.41, 5.74) is 0.334. The summed E-state index contributed by atoms with van der Waals surface area (Å²) >= 11 is 1.23. The largest absolute Gasteiger partial charge is 0.416 e. The number of hydrogen-bond acceptors (Lipinski definition) is 4. The summed E-state index contributed by atoms with van der Waals surface area (Å²) < 4.78 is 43.6. The SMILES string of the molecule is CCOCCCNC(=O)CN1C(=O)C(=Cc2ccc(C(F)(F)F)cc2)Sc2ccccc21. The summed E-state index contributed by atoms with van der Waals surface area (Å²) in [6.07, 6.45) is -2.22. The molecule has 1 aliphatic heterocycles. The molecule has 3 rings (SSSR count). The van der Waals surface area contributed by atoms with Crippen molar-refractivity contribution < 1.29 is 27.5 Å². The van der Waals surface area contributed by atoms with E-state index >= 15 is 0 Å². The molecule has 1 heterocycles. The first kappa shape index (κ1) is 23.9. The molecule has 0 spiro atoms. The van der Waals surface area contributed by atoms with Crippen molar-refractivity contribution in [1.29, 1.82) is 0 Å². The maximum Gasteiger partial charge on any atom is 0.416 e. The molecule has 5 nitrogen and oxygen atoms in total. The number of hydrogen-bond donors (Lipinski definition) is 1. The molecule has 0 atom stereocenters. The summed E-state index contributed by atoms with van der Waals surface area (Å²) in [6.45, 7) is 3.32. The van der Waals surface area contributed by atoms with Crippen LogP contribution in [0.15, 0.2) is 58.3 Å². The number of carbonyl (C=O) groups is 2. The summed E-state index contributed by atoms with van der Waals surface area (Å²) in [6, 6.07) is 11.8. The average molecular weight is 465 g/mol. The molecule has 0 saturated heterocycles. The Morgan fingerprint density at radius 2 is 1.88 bits per heavy atom. The van der Waals surface area contributed by atoms with Crippen LogP contribution in [-0.4, -0.2) is 38.1 Å². The maximum atomic E-state index is 13.1.